The van der Waals surface area contributed by atoms with Gasteiger partial charge in [0.05, 0.1) is 0 Å². The van der Waals surface area contributed by atoms with Crippen LogP contribution in [0.3, 0.4) is 0 Å². The molecule has 0 aliphatic rings. The highest BCUT2D eigenvalue weighted by molar-refractivity contribution is 4.47. The van der Waals surface area contributed by atoms with E-state index in [-0.39, 0.29) is 0 Å². The lowest BCUT2D eigenvalue weighted by Crippen LogP contribution is -2.38. The van der Waals surface area contributed by atoms with Crippen molar-refractivity contribution < 1.29 is 19.3 Å². The molecule has 0 aromatic heterocycles. The molecule has 1 unspecified atom stereocenters. The number of aliphatic hydroxyl groups is 1. The van der Waals surface area contributed by atoms with Crippen LogP contribution in [-0.4, -0.2) is 30.6 Å². The van der Waals surface area contributed by atoms with E-state index in [1.165, 1.54) is 6.92 Å². The maximum absolute atomic E-state index is 8.96. The van der Waals surface area contributed by atoms with Gasteiger partial charge in [-0.15, -0.1) is 0 Å². The SMILES string of the molecule is CCOC(C)(OCC)OC(C)O. The minimum atomic E-state index is -1.13. The van der Waals surface area contributed by atoms with Gasteiger partial charge in [-0.25, -0.2) is 0 Å². The summed E-state index contributed by atoms with van der Waals surface area (Å²) in [7, 11) is 0. The third-order valence-corrected chi connectivity index (χ3v) is 1.20. The van der Waals surface area contributed by atoms with Crippen molar-refractivity contribution in [1.82, 2.24) is 0 Å². The maximum Gasteiger partial charge on any atom is 0.282 e. The summed E-state index contributed by atoms with van der Waals surface area (Å²) in [6.45, 7) is 7.76. The van der Waals surface area contributed by atoms with Crippen LogP contribution in [0.5, 0.6) is 0 Å². The summed E-state index contributed by atoms with van der Waals surface area (Å²) in [6.07, 6.45) is -0.895. The maximum atomic E-state index is 8.96. The van der Waals surface area contributed by atoms with Gasteiger partial charge in [0.1, 0.15) is 0 Å². The second-order valence-electron chi connectivity index (χ2n) is 2.45. The molecule has 0 aliphatic carbocycles. The molecular weight excluding hydrogens is 160 g/mol. The van der Waals surface area contributed by atoms with Crippen molar-refractivity contribution in [3.63, 3.8) is 0 Å². The Morgan fingerprint density at radius 3 is 1.92 bits per heavy atom. The predicted molar refractivity (Wildman–Crippen MR) is 44.4 cm³/mol. The van der Waals surface area contributed by atoms with Crippen LogP contribution in [-0.2, 0) is 14.2 Å². The van der Waals surface area contributed by atoms with Crippen LogP contribution in [0.15, 0.2) is 0 Å². The molecule has 0 aromatic rings. The fourth-order valence-corrected chi connectivity index (χ4v) is 0.944. The molecule has 0 bridgehead atoms. The minimum Gasteiger partial charge on any atom is -0.368 e. The number of ether oxygens (including phenoxy) is 3. The largest absolute Gasteiger partial charge is 0.368 e. The lowest BCUT2D eigenvalue weighted by atomic mass is 10.6. The van der Waals surface area contributed by atoms with Crippen LogP contribution in [0.25, 0.3) is 0 Å². The summed E-state index contributed by atoms with van der Waals surface area (Å²) in [6, 6.07) is 0. The quantitative estimate of drug-likeness (QED) is 0.618. The van der Waals surface area contributed by atoms with Crippen molar-refractivity contribution >= 4 is 0 Å². The predicted octanol–water partition coefficient (Wildman–Crippen LogP) is 1.09. The van der Waals surface area contributed by atoms with Crippen molar-refractivity contribution in [3.8, 4) is 0 Å². The third-order valence-electron chi connectivity index (χ3n) is 1.20. The Morgan fingerprint density at radius 1 is 1.25 bits per heavy atom. The van der Waals surface area contributed by atoms with Gasteiger partial charge in [-0.1, -0.05) is 0 Å². The Morgan fingerprint density at radius 2 is 1.67 bits per heavy atom. The molecule has 0 saturated heterocycles. The molecule has 4 nitrogen and oxygen atoms in total. The van der Waals surface area contributed by atoms with Gasteiger partial charge in [0.2, 0.25) is 0 Å². The Labute approximate surface area is 73.4 Å². The summed E-state index contributed by atoms with van der Waals surface area (Å²) in [4.78, 5) is 0. The molecule has 12 heavy (non-hydrogen) atoms. The highest BCUT2D eigenvalue weighted by atomic mass is 16.9. The smallest absolute Gasteiger partial charge is 0.282 e. The fraction of sp³-hybridized carbons (Fsp3) is 1.00. The van der Waals surface area contributed by atoms with Crippen molar-refractivity contribution in [2.24, 2.45) is 0 Å². The molecule has 0 radical (unpaired) electrons. The van der Waals surface area contributed by atoms with Crippen LogP contribution >= 0.6 is 0 Å². The topological polar surface area (TPSA) is 47.9 Å². The monoisotopic (exact) mass is 178 g/mol. The van der Waals surface area contributed by atoms with Gasteiger partial charge in [0.25, 0.3) is 5.97 Å². The zero-order chi connectivity index (χ0) is 9.61. The Hall–Kier alpha value is -0.160. The summed E-state index contributed by atoms with van der Waals surface area (Å²) in [5.41, 5.74) is 0. The number of aliphatic hydroxyl groups excluding tert-OH is 1. The second kappa shape index (κ2) is 5.48. The summed E-state index contributed by atoms with van der Waals surface area (Å²) in [5.74, 6) is -1.13. The average Bonchev–Trinajstić information content (AvgIpc) is 1.85. The van der Waals surface area contributed by atoms with Gasteiger partial charge >= 0.3 is 0 Å². The molecule has 0 amide bonds. The molecule has 0 saturated carbocycles. The van der Waals surface area contributed by atoms with Gasteiger partial charge in [-0.2, -0.15) is 0 Å². The van der Waals surface area contributed by atoms with E-state index in [9.17, 15) is 0 Å². The Kier molecular flexibility index (Phi) is 5.41. The lowest BCUT2D eigenvalue weighted by Gasteiger charge is -2.29. The molecular formula is C8H18O4. The zero-order valence-electron chi connectivity index (χ0n) is 8.16. The van der Waals surface area contributed by atoms with E-state index >= 15 is 0 Å². The molecule has 4 heteroatoms. The van der Waals surface area contributed by atoms with Gasteiger partial charge in [-0.05, 0) is 20.8 Å². The van der Waals surface area contributed by atoms with E-state index < -0.39 is 12.3 Å². The summed E-state index contributed by atoms with van der Waals surface area (Å²) < 4.78 is 15.4. The first-order valence-corrected chi connectivity index (χ1v) is 4.18. The van der Waals surface area contributed by atoms with Crippen molar-refractivity contribution in [2.45, 2.75) is 40.0 Å². The minimum absolute atomic E-state index is 0.475. The third kappa shape index (κ3) is 4.66. The highest BCUT2D eigenvalue weighted by Crippen LogP contribution is 2.15. The van der Waals surface area contributed by atoms with Crippen LogP contribution in [0, 0.1) is 0 Å². The van der Waals surface area contributed by atoms with E-state index in [4.69, 9.17) is 19.3 Å². The first-order chi connectivity index (χ1) is 5.54. The molecule has 0 rings (SSSR count). The normalized spacial score (nSPS) is 14.8. The van der Waals surface area contributed by atoms with E-state index in [0.717, 1.165) is 0 Å². The van der Waals surface area contributed by atoms with Gasteiger partial charge < -0.3 is 14.6 Å². The van der Waals surface area contributed by atoms with Gasteiger partial charge in [0, 0.05) is 20.1 Å². The molecule has 74 valence electrons. The van der Waals surface area contributed by atoms with E-state index in [1.54, 1.807) is 6.92 Å². The van der Waals surface area contributed by atoms with Crippen molar-refractivity contribution in [2.75, 3.05) is 13.2 Å². The number of hydrogen-bond donors (Lipinski definition) is 1. The molecule has 0 spiro atoms. The molecule has 0 aromatic carbocycles. The van der Waals surface area contributed by atoms with Crippen LogP contribution in [0.2, 0.25) is 0 Å². The van der Waals surface area contributed by atoms with Crippen LogP contribution in [0.4, 0.5) is 0 Å². The average molecular weight is 178 g/mol. The second-order valence-corrected chi connectivity index (χ2v) is 2.45. The van der Waals surface area contributed by atoms with Crippen LogP contribution in [0.1, 0.15) is 27.7 Å². The van der Waals surface area contributed by atoms with Crippen molar-refractivity contribution in [3.05, 3.63) is 0 Å². The van der Waals surface area contributed by atoms with Crippen LogP contribution < -0.4 is 0 Å². The summed E-state index contributed by atoms with van der Waals surface area (Å²) in [5, 5.41) is 8.96. The van der Waals surface area contributed by atoms with E-state index in [2.05, 4.69) is 0 Å². The Bertz CT molecular complexity index is 108. The highest BCUT2D eigenvalue weighted by Gasteiger charge is 2.27. The fourth-order valence-electron chi connectivity index (χ4n) is 0.944. The van der Waals surface area contributed by atoms with Gasteiger partial charge in [-0.3, -0.25) is 4.74 Å². The molecule has 1 N–H and O–H groups in total. The van der Waals surface area contributed by atoms with Gasteiger partial charge in [0.15, 0.2) is 6.29 Å². The molecule has 0 aliphatic heterocycles. The first-order valence-electron chi connectivity index (χ1n) is 4.18. The lowest BCUT2D eigenvalue weighted by molar-refractivity contribution is -0.400. The van der Waals surface area contributed by atoms with E-state index in [1.807, 2.05) is 13.8 Å². The number of rotatable bonds is 6. The molecule has 0 fully saturated rings. The Balaban J connectivity index is 3.98. The molecule has 0 heterocycles. The summed E-state index contributed by atoms with van der Waals surface area (Å²) >= 11 is 0. The van der Waals surface area contributed by atoms with E-state index in [0.29, 0.717) is 13.2 Å². The standard InChI is InChI=1S/C8H18O4/c1-5-10-8(4,11-6-2)12-7(3)9/h7,9H,5-6H2,1-4H3. The zero-order valence-corrected chi connectivity index (χ0v) is 8.16. The number of hydrogen-bond acceptors (Lipinski definition) is 4. The first kappa shape index (κ1) is 11.8. The van der Waals surface area contributed by atoms with Crippen molar-refractivity contribution in [1.29, 1.82) is 0 Å². The molecule has 1 atom stereocenters.